The van der Waals surface area contributed by atoms with E-state index >= 15 is 0 Å². The van der Waals surface area contributed by atoms with E-state index < -0.39 is 0 Å². The van der Waals surface area contributed by atoms with Crippen LogP contribution in [0.3, 0.4) is 0 Å². The van der Waals surface area contributed by atoms with Crippen molar-refractivity contribution in [1.29, 1.82) is 0 Å². The SMILES string of the molecule is O=C1CCCCC1c1nc(Cc2ccc(Cl)cc2)no1. The Morgan fingerprint density at radius 3 is 2.80 bits per heavy atom. The topological polar surface area (TPSA) is 56.0 Å². The molecule has 0 radical (unpaired) electrons. The van der Waals surface area contributed by atoms with Gasteiger partial charge in [-0.3, -0.25) is 4.79 Å². The fourth-order valence-corrected chi connectivity index (χ4v) is 2.64. The highest BCUT2D eigenvalue weighted by Gasteiger charge is 2.28. The number of carbonyl (C=O) groups excluding carboxylic acids is 1. The van der Waals surface area contributed by atoms with Crippen LogP contribution in [0.4, 0.5) is 0 Å². The summed E-state index contributed by atoms with van der Waals surface area (Å²) in [6.45, 7) is 0. The molecule has 0 N–H and O–H groups in total. The third-order valence-electron chi connectivity index (χ3n) is 3.61. The van der Waals surface area contributed by atoms with Crippen molar-refractivity contribution in [3.8, 4) is 0 Å². The van der Waals surface area contributed by atoms with E-state index in [0.29, 0.717) is 29.6 Å². The van der Waals surface area contributed by atoms with Crippen molar-refractivity contribution in [2.24, 2.45) is 0 Å². The highest BCUT2D eigenvalue weighted by Crippen LogP contribution is 2.28. The second-order valence-corrected chi connectivity index (χ2v) is 5.55. The van der Waals surface area contributed by atoms with Crippen LogP contribution >= 0.6 is 11.6 Å². The third-order valence-corrected chi connectivity index (χ3v) is 3.86. The van der Waals surface area contributed by atoms with Crippen LogP contribution in [0.25, 0.3) is 0 Å². The van der Waals surface area contributed by atoms with Crippen LogP contribution in [-0.4, -0.2) is 15.9 Å². The van der Waals surface area contributed by atoms with Crippen molar-refractivity contribution >= 4 is 17.4 Å². The monoisotopic (exact) mass is 290 g/mol. The number of ketones is 1. The summed E-state index contributed by atoms with van der Waals surface area (Å²) in [5.41, 5.74) is 1.07. The van der Waals surface area contributed by atoms with Gasteiger partial charge < -0.3 is 4.52 Å². The molecule has 0 amide bonds. The third kappa shape index (κ3) is 2.90. The first kappa shape index (κ1) is 13.3. The van der Waals surface area contributed by atoms with Gasteiger partial charge in [0.25, 0.3) is 0 Å². The molecule has 0 aliphatic heterocycles. The molecule has 1 unspecified atom stereocenters. The molecule has 1 aliphatic carbocycles. The van der Waals surface area contributed by atoms with E-state index in [1.54, 1.807) is 0 Å². The second kappa shape index (κ2) is 5.75. The Bertz CT molecular complexity index is 607. The van der Waals surface area contributed by atoms with Crippen LogP contribution in [0.5, 0.6) is 0 Å². The Kier molecular flexibility index (Phi) is 3.83. The summed E-state index contributed by atoms with van der Waals surface area (Å²) in [5.74, 6) is 1.10. The van der Waals surface area contributed by atoms with Crippen molar-refractivity contribution < 1.29 is 9.32 Å². The second-order valence-electron chi connectivity index (χ2n) is 5.12. The molecule has 1 atom stereocenters. The van der Waals surface area contributed by atoms with E-state index in [0.717, 1.165) is 24.8 Å². The van der Waals surface area contributed by atoms with Gasteiger partial charge in [-0.1, -0.05) is 35.3 Å². The number of hydrogen-bond donors (Lipinski definition) is 0. The Morgan fingerprint density at radius 2 is 2.05 bits per heavy atom. The van der Waals surface area contributed by atoms with Crippen molar-refractivity contribution in [3.63, 3.8) is 0 Å². The van der Waals surface area contributed by atoms with E-state index in [4.69, 9.17) is 16.1 Å². The Labute approximate surface area is 122 Å². The molecule has 1 fully saturated rings. The van der Waals surface area contributed by atoms with E-state index in [9.17, 15) is 4.79 Å². The summed E-state index contributed by atoms with van der Waals surface area (Å²) < 4.78 is 5.26. The first-order chi connectivity index (χ1) is 9.72. The maximum absolute atomic E-state index is 11.9. The number of rotatable bonds is 3. The number of Topliss-reactive ketones (excluding diaryl/α,β-unsaturated/α-hetero) is 1. The molecular weight excluding hydrogens is 276 g/mol. The number of halogens is 1. The standard InChI is InChI=1S/C15H15ClN2O2/c16-11-7-5-10(6-8-11)9-14-17-15(20-18-14)12-3-1-2-4-13(12)19/h5-8,12H,1-4,9H2. The van der Waals surface area contributed by atoms with Crippen molar-refractivity contribution in [2.75, 3.05) is 0 Å². The summed E-state index contributed by atoms with van der Waals surface area (Å²) in [4.78, 5) is 16.2. The molecule has 0 spiro atoms. The van der Waals surface area contributed by atoms with Gasteiger partial charge in [-0.2, -0.15) is 4.98 Å². The van der Waals surface area contributed by atoms with Crippen LogP contribution in [-0.2, 0) is 11.2 Å². The molecule has 1 saturated carbocycles. The summed E-state index contributed by atoms with van der Waals surface area (Å²) in [7, 11) is 0. The summed E-state index contributed by atoms with van der Waals surface area (Å²) >= 11 is 5.85. The number of nitrogens with zero attached hydrogens (tertiary/aromatic N) is 2. The van der Waals surface area contributed by atoms with Gasteiger partial charge in [-0.05, 0) is 30.5 Å². The van der Waals surface area contributed by atoms with E-state index in [2.05, 4.69) is 10.1 Å². The lowest BCUT2D eigenvalue weighted by molar-refractivity contribution is -0.122. The van der Waals surface area contributed by atoms with Gasteiger partial charge in [0.1, 0.15) is 5.78 Å². The Hall–Kier alpha value is -1.68. The maximum atomic E-state index is 11.9. The molecule has 104 valence electrons. The van der Waals surface area contributed by atoms with E-state index in [1.165, 1.54) is 0 Å². The molecule has 3 rings (SSSR count). The largest absolute Gasteiger partial charge is 0.339 e. The fraction of sp³-hybridized carbons (Fsp3) is 0.400. The average Bonchev–Trinajstić information content (AvgIpc) is 2.90. The lowest BCUT2D eigenvalue weighted by Gasteiger charge is -2.16. The summed E-state index contributed by atoms with van der Waals surface area (Å²) in [6.07, 6.45) is 4.05. The predicted molar refractivity (Wildman–Crippen MR) is 74.8 cm³/mol. The van der Waals surface area contributed by atoms with Gasteiger partial charge in [0.05, 0.1) is 5.92 Å². The molecule has 0 saturated heterocycles. The zero-order chi connectivity index (χ0) is 13.9. The number of benzene rings is 1. The van der Waals surface area contributed by atoms with Gasteiger partial charge in [0.15, 0.2) is 5.82 Å². The van der Waals surface area contributed by atoms with Gasteiger partial charge in [-0.15, -0.1) is 0 Å². The number of aromatic nitrogens is 2. The molecule has 1 aliphatic rings. The first-order valence-corrected chi connectivity index (χ1v) is 7.20. The van der Waals surface area contributed by atoms with Crippen LogP contribution in [0.2, 0.25) is 5.02 Å². The van der Waals surface area contributed by atoms with Gasteiger partial charge in [0.2, 0.25) is 5.89 Å². The first-order valence-electron chi connectivity index (χ1n) is 6.82. The lowest BCUT2D eigenvalue weighted by Crippen LogP contribution is -2.17. The minimum Gasteiger partial charge on any atom is -0.339 e. The highest BCUT2D eigenvalue weighted by atomic mass is 35.5. The van der Waals surface area contributed by atoms with Gasteiger partial charge >= 0.3 is 0 Å². The van der Waals surface area contributed by atoms with Gasteiger partial charge in [0, 0.05) is 17.9 Å². The van der Waals surface area contributed by atoms with Crippen molar-refractivity contribution in [1.82, 2.24) is 10.1 Å². The fourth-order valence-electron chi connectivity index (χ4n) is 2.51. The molecule has 1 aromatic carbocycles. The predicted octanol–water partition coefficient (Wildman–Crippen LogP) is 3.54. The summed E-state index contributed by atoms with van der Waals surface area (Å²) in [6, 6.07) is 7.54. The molecule has 4 nitrogen and oxygen atoms in total. The molecule has 1 aromatic heterocycles. The minimum atomic E-state index is -0.199. The van der Waals surface area contributed by atoms with Crippen LogP contribution in [0, 0.1) is 0 Å². The van der Waals surface area contributed by atoms with Crippen LogP contribution in [0.1, 0.15) is 48.9 Å². The quantitative estimate of drug-likeness (QED) is 0.867. The zero-order valence-electron chi connectivity index (χ0n) is 11.0. The van der Waals surface area contributed by atoms with Gasteiger partial charge in [-0.25, -0.2) is 0 Å². The normalized spacial score (nSPS) is 19.2. The van der Waals surface area contributed by atoms with Crippen LogP contribution in [0.15, 0.2) is 28.8 Å². The molecule has 5 heteroatoms. The number of carbonyl (C=O) groups is 1. The zero-order valence-corrected chi connectivity index (χ0v) is 11.8. The summed E-state index contributed by atoms with van der Waals surface area (Å²) in [5, 5.41) is 4.68. The Morgan fingerprint density at radius 1 is 1.25 bits per heavy atom. The molecule has 1 heterocycles. The molecule has 0 bridgehead atoms. The minimum absolute atomic E-state index is 0.199. The molecular formula is C15H15ClN2O2. The highest BCUT2D eigenvalue weighted by molar-refractivity contribution is 6.30. The maximum Gasteiger partial charge on any atom is 0.237 e. The molecule has 20 heavy (non-hydrogen) atoms. The average molecular weight is 291 g/mol. The molecule has 2 aromatic rings. The smallest absolute Gasteiger partial charge is 0.237 e. The van der Waals surface area contributed by atoms with Crippen molar-refractivity contribution in [2.45, 2.75) is 38.0 Å². The van der Waals surface area contributed by atoms with E-state index in [-0.39, 0.29) is 11.7 Å². The number of hydrogen-bond acceptors (Lipinski definition) is 4. The van der Waals surface area contributed by atoms with E-state index in [1.807, 2.05) is 24.3 Å². The lowest BCUT2D eigenvalue weighted by atomic mass is 9.88. The van der Waals surface area contributed by atoms with Crippen molar-refractivity contribution in [3.05, 3.63) is 46.6 Å². The Balaban J connectivity index is 1.73. The van der Waals surface area contributed by atoms with Crippen LogP contribution < -0.4 is 0 Å².